The summed E-state index contributed by atoms with van der Waals surface area (Å²) in [7, 11) is 1.60. The van der Waals surface area contributed by atoms with Crippen molar-refractivity contribution in [2.24, 2.45) is 5.92 Å². The van der Waals surface area contributed by atoms with Crippen molar-refractivity contribution in [3.63, 3.8) is 0 Å². The third kappa shape index (κ3) is 11.8. The molecule has 0 aliphatic carbocycles. The average Bonchev–Trinajstić information content (AvgIpc) is 3.29. The van der Waals surface area contributed by atoms with Crippen LogP contribution in [0.4, 0.5) is 0 Å². The first-order valence-corrected chi connectivity index (χ1v) is 14.3. The Morgan fingerprint density at radius 3 is 2.37 bits per heavy atom. The number of aliphatic hydroxyl groups excluding tert-OH is 4. The smallest absolute Gasteiger partial charge is 0.222 e. The van der Waals surface area contributed by atoms with Crippen molar-refractivity contribution in [2.75, 3.05) is 40.0 Å². The quantitative estimate of drug-likeness (QED) is 0.177. The fourth-order valence-electron chi connectivity index (χ4n) is 4.76. The van der Waals surface area contributed by atoms with Gasteiger partial charge in [0.1, 0.15) is 12.2 Å². The normalized spacial score (nSPS) is 29.1. The molecule has 2 aliphatic rings. The summed E-state index contributed by atoms with van der Waals surface area (Å²) in [4.78, 5) is 26.2. The van der Waals surface area contributed by atoms with Gasteiger partial charge in [-0.05, 0) is 32.1 Å². The predicted molar refractivity (Wildman–Crippen MR) is 142 cm³/mol. The number of carbonyl (C=O) groups excluding carboxylic acids is 2. The first kappa shape index (κ1) is 34.7. The number of likely N-dealkylation sites (tertiary alicyclic amines) is 1. The maximum absolute atomic E-state index is 12.4. The topological polar surface area (TPSA) is 158 Å². The number of carbonyl (C=O) groups is 2. The lowest BCUT2D eigenvalue weighted by atomic mass is 9.92. The van der Waals surface area contributed by atoms with Gasteiger partial charge >= 0.3 is 0 Å². The molecule has 224 valence electrons. The van der Waals surface area contributed by atoms with E-state index in [1.54, 1.807) is 18.9 Å². The van der Waals surface area contributed by atoms with E-state index in [9.17, 15) is 30.0 Å². The number of nitrogens with one attached hydrogen (secondary N) is 1. The summed E-state index contributed by atoms with van der Waals surface area (Å²) in [6, 6.07) is -0.0481. The number of hydrogen-bond acceptors (Lipinski definition) is 9. The van der Waals surface area contributed by atoms with Gasteiger partial charge in [0.25, 0.3) is 0 Å². The Balaban J connectivity index is 0.00000352. The van der Waals surface area contributed by atoms with Gasteiger partial charge in [0.15, 0.2) is 6.29 Å². The number of rotatable bonds is 16. The summed E-state index contributed by atoms with van der Waals surface area (Å²) in [5, 5.41) is 41.9. The van der Waals surface area contributed by atoms with Gasteiger partial charge in [-0.3, -0.25) is 9.59 Å². The molecule has 11 nitrogen and oxygen atoms in total. The van der Waals surface area contributed by atoms with E-state index in [4.69, 9.17) is 14.2 Å². The molecule has 2 rings (SSSR count). The number of β-amino-alcohol motifs (C(OH)–C–C–N with tert-alkyl or cyclic N) is 1. The molecule has 0 bridgehead atoms. The van der Waals surface area contributed by atoms with Gasteiger partial charge in [-0.2, -0.15) is 0 Å². The fraction of sp³-hybridized carbons (Fsp3) is 0.926. The lowest BCUT2D eigenvalue weighted by Gasteiger charge is -2.40. The van der Waals surface area contributed by atoms with Crippen LogP contribution in [-0.2, 0) is 23.8 Å². The second kappa shape index (κ2) is 19.7. The van der Waals surface area contributed by atoms with Crippen molar-refractivity contribution < 1.29 is 44.2 Å². The number of nitrogens with zero attached hydrogens (tertiary/aromatic N) is 1. The van der Waals surface area contributed by atoms with Crippen molar-refractivity contribution in [1.29, 1.82) is 0 Å². The van der Waals surface area contributed by atoms with Gasteiger partial charge in [-0.15, -0.1) is 0 Å². The number of hydrogen-bond donors (Lipinski definition) is 5. The van der Waals surface area contributed by atoms with Gasteiger partial charge in [-0.25, -0.2) is 0 Å². The van der Waals surface area contributed by atoms with Crippen LogP contribution in [0.5, 0.6) is 0 Å². The molecular formula is C27H52N2O9. The zero-order valence-corrected chi connectivity index (χ0v) is 23.7. The Kier molecular flexibility index (Phi) is 18.0. The molecule has 0 aromatic rings. The van der Waals surface area contributed by atoms with Crippen molar-refractivity contribution >= 4 is 11.8 Å². The van der Waals surface area contributed by atoms with Gasteiger partial charge in [0.2, 0.25) is 11.8 Å². The van der Waals surface area contributed by atoms with Crippen molar-refractivity contribution in [2.45, 2.75) is 115 Å². The number of amides is 2. The highest BCUT2D eigenvalue weighted by Crippen LogP contribution is 2.27. The Hall–Kier alpha value is -1.34. The molecule has 38 heavy (non-hydrogen) atoms. The maximum atomic E-state index is 12.4. The molecule has 7 atom stereocenters. The van der Waals surface area contributed by atoms with Crippen LogP contribution in [0.1, 0.15) is 78.6 Å². The molecule has 2 saturated heterocycles. The molecule has 0 radical (unpaired) electrons. The van der Waals surface area contributed by atoms with E-state index in [1.807, 2.05) is 13.8 Å². The van der Waals surface area contributed by atoms with E-state index in [-0.39, 0.29) is 17.9 Å². The summed E-state index contributed by atoms with van der Waals surface area (Å²) >= 11 is 0. The maximum Gasteiger partial charge on any atom is 0.222 e. The number of ether oxygens (including phenoxy) is 3. The van der Waals surface area contributed by atoms with Gasteiger partial charge in [-0.1, -0.05) is 33.6 Å². The third-order valence-corrected chi connectivity index (χ3v) is 6.98. The minimum absolute atomic E-state index is 0.00703. The number of aliphatic hydroxyl groups is 4. The van der Waals surface area contributed by atoms with Gasteiger partial charge in [0.05, 0.1) is 31.5 Å². The molecule has 0 spiro atoms. The van der Waals surface area contributed by atoms with E-state index in [1.165, 1.54) is 0 Å². The lowest BCUT2D eigenvalue weighted by Crippen LogP contribution is -2.55. The Labute approximate surface area is 227 Å². The Morgan fingerprint density at radius 2 is 1.68 bits per heavy atom. The van der Waals surface area contributed by atoms with Crippen LogP contribution in [0.3, 0.4) is 0 Å². The third-order valence-electron chi connectivity index (χ3n) is 6.98. The molecule has 2 fully saturated rings. The minimum atomic E-state index is -1.13. The van der Waals surface area contributed by atoms with Crippen LogP contribution < -0.4 is 5.32 Å². The lowest BCUT2D eigenvalue weighted by molar-refractivity contribution is -0.282. The van der Waals surface area contributed by atoms with Crippen LogP contribution in [0.25, 0.3) is 0 Å². The summed E-state index contributed by atoms with van der Waals surface area (Å²) in [6.45, 7) is 7.14. The summed E-state index contributed by atoms with van der Waals surface area (Å²) in [5.41, 5.74) is 0. The molecule has 2 amide bonds. The molecule has 0 aromatic carbocycles. The van der Waals surface area contributed by atoms with E-state index in [2.05, 4.69) is 5.32 Å². The van der Waals surface area contributed by atoms with Crippen LogP contribution in [-0.4, -0.2) is 114 Å². The fourth-order valence-corrected chi connectivity index (χ4v) is 4.76. The molecule has 2 unspecified atom stereocenters. The van der Waals surface area contributed by atoms with Gasteiger partial charge < -0.3 is 44.9 Å². The monoisotopic (exact) mass is 548 g/mol. The Bertz CT molecular complexity index is 652. The van der Waals surface area contributed by atoms with E-state index < -0.39 is 43.2 Å². The summed E-state index contributed by atoms with van der Waals surface area (Å²) in [5.74, 6) is -0.354. The second-order valence-corrected chi connectivity index (χ2v) is 9.95. The largest absolute Gasteiger partial charge is 0.394 e. The first-order chi connectivity index (χ1) is 18.3. The molecular weight excluding hydrogens is 496 g/mol. The van der Waals surface area contributed by atoms with Crippen molar-refractivity contribution in [1.82, 2.24) is 10.2 Å². The van der Waals surface area contributed by atoms with Gasteiger partial charge in [0, 0.05) is 45.6 Å². The molecule has 2 aliphatic heterocycles. The Morgan fingerprint density at radius 1 is 1.00 bits per heavy atom. The van der Waals surface area contributed by atoms with E-state index in [0.29, 0.717) is 45.6 Å². The highest BCUT2D eigenvalue weighted by atomic mass is 16.7. The number of methoxy groups -OCH3 is 1. The zero-order valence-electron chi connectivity index (χ0n) is 23.7. The summed E-state index contributed by atoms with van der Waals surface area (Å²) in [6.07, 6.45) is 1.93. The zero-order chi connectivity index (χ0) is 28.5. The SMILES string of the molecule is CC.COC[C@@H]1C[C@@H](O)CN1C(=O)CCCCCNC(=O)CCCCCO[C@@H]1OC(CO)[C@H](O)[C@H](O)C1C. The van der Waals surface area contributed by atoms with Crippen molar-refractivity contribution in [3.8, 4) is 0 Å². The van der Waals surface area contributed by atoms with Crippen LogP contribution in [0.2, 0.25) is 0 Å². The first-order valence-electron chi connectivity index (χ1n) is 14.3. The molecule has 0 aromatic heterocycles. The van der Waals surface area contributed by atoms with Crippen LogP contribution in [0.15, 0.2) is 0 Å². The highest BCUT2D eigenvalue weighted by Gasteiger charge is 2.42. The van der Waals surface area contributed by atoms with Crippen LogP contribution >= 0.6 is 0 Å². The van der Waals surface area contributed by atoms with E-state index in [0.717, 1.165) is 38.5 Å². The standard InChI is InChI=1S/C25H46N2O9.C2H6/c1-17-23(32)24(33)20(15-28)36-25(17)35-12-8-4-5-9-21(30)26-11-7-3-6-10-22(31)27-14-19(29)13-18(27)16-34-2;1-2/h17-20,23-25,28-29,32-33H,3-16H2,1-2H3,(H,26,30);1-2H3/t17?,18-,19+,20?,23+,24-,25+;/m0./s1. The summed E-state index contributed by atoms with van der Waals surface area (Å²) < 4.78 is 16.3. The number of unbranched alkanes of at least 4 members (excludes halogenated alkanes) is 4. The molecule has 2 heterocycles. The second-order valence-electron chi connectivity index (χ2n) is 9.95. The average molecular weight is 549 g/mol. The molecule has 11 heteroatoms. The van der Waals surface area contributed by atoms with E-state index >= 15 is 0 Å². The molecule has 5 N–H and O–H groups in total. The van der Waals surface area contributed by atoms with Crippen LogP contribution in [0, 0.1) is 5.92 Å². The predicted octanol–water partition coefficient (Wildman–Crippen LogP) is 0.950. The highest BCUT2D eigenvalue weighted by molar-refractivity contribution is 5.77. The minimum Gasteiger partial charge on any atom is -0.394 e. The van der Waals surface area contributed by atoms with Crippen molar-refractivity contribution in [3.05, 3.63) is 0 Å². The molecule has 0 saturated carbocycles.